The molecule has 10 nitrogen and oxygen atoms in total. The van der Waals surface area contributed by atoms with Crippen LogP contribution >= 0.6 is 0 Å². The zero-order valence-electron chi connectivity index (χ0n) is 20.3. The van der Waals surface area contributed by atoms with E-state index in [0.29, 0.717) is 34.3 Å². The molecule has 0 aliphatic heterocycles. The van der Waals surface area contributed by atoms with Gasteiger partial charge in [0.25, 0.3) is 11.8 Å². The van der Waals surface area contributed by atoms with Crippen molar-refractivity contribution in [1.29, 1.82) is 0 Å². The predicted molar refractivity (Wildman–Crippen MR) is 140 cm³/mol. The standard InChI is InChI=1S/C28H18N8O2/c1-15-6-3-10-19-23(15)31-21(13-29-19)27-35-33-25(37-27)17-8-5-9-18(12-17)26-34-36-28(38-26)22-14-30-20-11-4-7-16(2)24(20)32-22/h3-14H,1-2H3. The molecule has 3 aromatic carbocycles. The lowest BCUT2D eigenvalue weighted by Gasteiger charge is -2.02. The second-order valence-corrected chi connectivity index (χ2v) is 8.80. The summed E-state index contributed by atoms with van der Waals surface area (Å²) in [6.07, 6.45) is 3.26. The van der Waals surface area contributed by atoms with Gasteiger partial charge in [0.05, 0.1) is 34.5 Å². The lowest BCUT2D eigenvalue weighted by Crippen LogP contribution is -1.90. The van der Waals surface area contributed by atoms with Crippen molar-refractivity contribution in [3.8, 4) is 46.1 Å². The highest BCUT2D eigenvalue weighted by Crippen LogP contribution is 2.29. The summed E-state index contributed by atoms with van der Waals surface area (Å²) in [6.45, 7) is 3.98. The number of nitrogens with zero attached hydrogens (tertiary/aromatic N) is 8. The molecular formula is C28H18N8O2. The Bertz CT molecular complexity index is 1840. The molecule has 0 bridgehead atoms. The van der Waals surface area contributed by atoms with Crippen LogP contribution in [0.2, 0.25) is 0 Å². The minimum absolute atomic E-state index is 0.285. The van der Waals surface area contributed by atoms with Gasteiger partial charge in [-0.1, -0.05) is 30.3 Å². The summed E-state index contributed by atoms with van der Waals surface area (Å²) in [5.41, 5.74) is 7.68. The second-order valence-electron chi connectivity index (χ2n) is 8.80. The van der Waals surface area contributed by atoms with Gasteiger partial charge in [0, 0.05) is 11.1 Å². The Hall–Kier alpha value is -5.38. The lowest BCUT2D eigenvalue weighted by atomic mass is 10.1. The fourth-order valence-corrected chi connectivity index (χ4v) is 4.22. The highest BCUT2D eigenvalue weighted by molar-refractivity contribution is 5.80. The van der Waals surface area contributed by atoms with E-state index in [9.17, 15) is 0 Å². The highest BCUT2D eigenvalue weighted by atomic mass is 16.4. The van der Waals surface area contributed by atoms with E-state index >= 15 is 0 Å². The van der Waals surface area contributed by atoms with Crippen molar-refractivity contribution in [1.82, 2.24) is 40.3 Å². The van der Waals surface area contributed by atoms with Crippen LogP contribution in [0.5, 0.6) is 0 Å². The van der Waals surface area contributed by atoms with Crippen LogP contribution in [0.1, 0.15) is 11.1 Å². The van der Waals surface area contributed by atoms with Gasteiger partial charge in [0.2, 0.25) is 11.8 Å². The normalized spacial score (nSPS) is 11.4. The molecule has 0 atom stereocenters. The van der Waals surface area contributed by atoms with E-state index in [1.54, 1.807) is 12.4 Å². The molecule has 0 radical (unpaired) electrons. The van der Waals surface area contributed by atoms with Gasteiger partial charge >= 0.3 is 0 Å². The van der Waals surface area contributed by atoms with E-state index in [1.165, 1.54) is 0 Å². The Labute approximate surface area is 215 Å². The zero-order valence-corrected chi connectivity index (χ0v) is 20.3. The quantitative estimate of drug-likeness (QED) is 0.301. The van der Waals surface area contributed by atoms with Crippen molar-refractivity contribution in [2.45, 2.75) is 13.8 Å². The lowest BCUT2D eigenvalue weighted by molar-refractivity contribution is 0.580. The molecule has 0 N–H and O–H groups in total. The van der Waals surface area contributed by atoms with Gasteiger partial charge < -0.3 is 8.83 Å². The minimum atomic E-state index is 0.285. The number of para-hydroxylation sites is 2. The fourth-order valence-electron chi connectivity index (χ4n) is 4.22. The van der Waals surface area contributed by atoms with Crippen LogP contribution in [0.3, 0.4) is 0 Å². The van der Waals surface area contributed by atoms with Gasteiger partial charge in [-0.25, -0.2) is 9.97 Å². The van der Waals surface area contributed by atoms with E-state index in [-0.39, 0.29) is 11.8 Å². The fraction of sp³-hybridized carbons (Fsp3) is 0.0714. The largest absolute Gasteiger partial charge is 0.415 e. The van der Waals surface area contributed by atoms with Crippen LogP contribution in [-0.2, 0) is 0 Å². The van der Waals surface area contributed by atoms with Gasteiger partial charge in [0.15, 0.2) is 0 Å². The van der Waals surface area contributed by atoms with E-state index in [2.05, 4.69) is 40.3 Å². The molecule has 0 unspecified atom stereocenters. The van der Waals surface area contributed by atoms with Gasteiger partial charge in [0.1, 0.15) is 11.4 Å². The van der Waals surface area contributed by atoms with Crippen molar-refractivity contribution < 1.29 is 8.83 Å². The Morgan fingerprint density at radius 2 is 0.974 bits per heavy atom. The molecule has 0 spiro atoms. The van der Waals surface area contributed by atoms with Crippen molar-refractivity contribution in [2.75, 3.05) is 0 Å². The Morgan fingerprint density at radius 1 is 0.526 bits per heavy atom. The molecule has 0 aliphatic carbocycles. The van der Waals surface area contributed by atoms with Crippen LogP contribution in [0.25, 0.3) is 68.1 Å². The van der Waals surface area contributed by atoms with Gasteiger partial charge in [-0.3, -0.25) is 9.97 Å². The van der Waals surface area contributed by atoms with E-state index in [4.69, 9.17) is 8.83 Å². The Kier molecular flexibility index (Phi) is 4.96. The molecule has 0 saturated heterocycles. The van der Waals surface area contributed by atoms with Crippen LogP contribution in [-0.4, -0.2) is 40.3 Å². The predicted octanol–water partition coefficient (Wildman–Crippen LogP) is 5.62. The van der Waals surface area contributed by atoms with Crippen molar-refractivity contribution >= 4 is 22.1 Å². The topological polar surface area (TPSA) is 129 Å². The molecule has 182 valence electrons. The Morgan fingerprint density at radius 3 is 1.47 bits per heavy atom. The molecule has 0 saturated carbocycles. The molecule has 38 heavy (non-hydrogen) atoms. The maximum Gasteiger partial charge on any atom is 0.268 e. The van der Waals surface area contributed by atoms with Crippen molar-refractivity contribution in [3.63, 3.8) is 0 Å². The number of aryl methyl sites for hydroxylation is 2. The summed E-state index contributed by atoms with van der Waals surface area (Å²) >= 11 is 0. The molecule has 10 heteroatoms. The first-order valence-corrected chi connectivity index (χ1v) is 11.9. The third-order valence-electron chi connectivity index (χ3n) is 6.19. The molecule has 4 heterocycles. The monoisotopic (exact) mass is 498 g/mol. The smallest absolute Gasteiger partial charge is 0.268 e. The maximum absolute atomic E-state index is 5.95. The molecule has 7 aromatic rings. The number of hydrogen-bond donors (Lipinski definition) is 0. The summed E-state index contributed by atoms with van der Waals surface area (Å²) < 4.78 is 11.9. The van der Waals surface area contributed by atoms with Crippen molar-refractivity contribution in [3.05, 3.63) is 84.2 Å². The van der Waals surface area contributed by atoms with Gasteiger partial charge in [-0.15, -0.1) is 20.4 Å². The number of hydrogen-bond acceptors (Lipinski definition) is 10. The summed E-state index contributed by atoms with van der Waals surface area (Å²) in [7, 11) is 0. The van der Waals surface area contributed by atoms with Crippen LogP contribution < -0.4 is 0 Å². The third-order valence-corrected chi connectivity index (χ3v) is 6.19. The first kappa shape index (κ1) is 21.9. The summed E-state index contributed by atoms with van der Waals surface area (Å²) in [5.74, 6) is 1.25. The molecule has 7 rings (SSSR count). The highest BCUT2D eigenvalue weighted by Gasteiger charge is 2.17. The van der Waals surface area contributed by atoms with Gasteiger partial charge in [-0.05, 0) is 55.3 Å². The van der Waals surface area contributed by atoms with Crippen LogP contribution in [0, 0.1) is 13.8 Å². The second kappa shape index (κ2) is 8.63. The number of aromatic nitrogens is 8. The molecule has 4 aromatic heterocycles. The van der Waals surface area contributed by atoms with E-state index in [1.807, 2.05) is 74.5 Å². The third kappa shape index (κ3) is 3.75. The average Bonchev–Trinajstić information content (AvgIpc) is 3.65. The summed E-state index contributed by atoms with van der Waals surface area (Å²) in [6, 6.07) is 19.2. The zero-order chi connectivity index (χ0) is 25.6. The van der Waals surface area contributed by atoms with E-state index in [0.717, 1.165) is 33.2 Å². The Balaban J connectivity index is 1.20. The number of benzene rings is 3. The minimum Gasteiger partial charge on any atom is -0.415 e. The number of fused-ring (bicyclic) bond motifs is 2. The van der Waals surface area contributed by atoms with Crippen LogP contribution in [0.4, 0.5) is 0 Å². The molecule has 0 aliphatic rings. The molecule has 0 amide bonds. The first-order chi connectivity index (χ1) is 18.6. The summed E-state index contributed by atoms with van der Waals surface area (Å²) in [5, 5.41) is 16.8. The number of rotatable bonds is 4. The maximum atomic E-state index is 5.95. The van der Waals surface area contributed by atoms with E-state index < -0.39 is 0 Å². The molecule has 0 fully saturated rings. The average molecular weight is 499 g/mol. The molecular weight excluding hydrogens is 480 g/mol. The van der Waals surface area contributed by atoms with Crippen LogP contribution in [0.15, 0.2) is 81.9 Å². The summed E-state index contributed by atoms with van der Waals surface area (Å²) in [4.78, 5) is 18.3. The van der Waals surface area contributed by atoms with Crippen molar-refractivity contribution in [2.24, 2.45) is 0 Å². The first-order valence-electron chi connectivity index (χ1n) is 11.9. The van der Waals surface area contributed by atoms with Gasteiger partial charge in [-0.2, -0.15) is 0 Å². The SMILES string of the molecule is Cc1cccc2ncc(-c3nnc(-c4cccc(-c5nnc(-c6cnc7cccc(C)c7n6)o5)c4)o3)nc12.